The van der Waals surface area contributed by atoms with Crippen molar-refractivity contribution in [3.8, 4) is 5.75 Å². The summed E-state index contributed by atoms with van der Waals surface area (Å²) in [6.45, 7) is 2.11. The third-order valence-electron chi connectivity index (χ3n) is 4.78. The first-order valence-electron chi connectivity index (χ1n) is 8.32. The van der Waals surface area contributed by atoms with E-state index >= 15 is 0 Å². The number of rotatable bonds is 6. The summed E-state index contributed by atoms with van der Waals surface area (Å²) in [4.78, 5) is 11.2. The van der Waals surface area contributed by atoms with Gasteiger partial charge in [0.15, 0.2) is 0 Å². The van der Waals surface area contributed by atoms with Crippen LogP contribution in [-0.2, 0) is 12.8 Å². The van der Waals surface area contributed by atoms with Crippen LogP contribution in [0.4, 0.5) is 0 Å². The number of carbonyl (C=O) groups is 1. The van der Waals surface area contributed by atoms with Gasteiger partial charge in [0.25, 0.3) is 0 Å². The monoisotopic (exact) mass is 344 g/mol. The van der Waals surface area contributed by atoms with Gasteiger partial charge in [-0.1, -0.05) is 48.9 Å². The maximum absolute atomic E-state index is 11.2. The second kappa shape index (κ2) is 6.86. The maximum Gasteiger partial charge on any atom is 0.335 e. The molecule has 0 spiro atoms. The molecule has 2 aromatic rings. The summed E-state index contributed by atoms with van der Waals surface area (Å²) in [6.07, 6.45) is 4.54. The molecule has 0 saturated carbocycles. The van der Waals surface area contributed by atoms with Crippen LogP contribution in [0.25, 0.3) is 0 Å². The van der Waals surface area contributed by atoms with E-state index in [4.69, 9.17) is 16.3 Å². The molecule has 0 amide bonds. The average molecular weight is 345 g/mol. The molecule has 0 aliphatic carbocycles. The van der Waals surface area contributed by atoms with Gasteiger partial charge in [-0.15, -0.1) is 0 Å². The first kappa shape index (κ1) is 16.8. The van der Waals surface area contributed by atoms with Crippen LogP contribution < -0.4 is 4.74 Å². The van der Waals surface area contributed by atoms with Gasteiger partial charge in [0.1, 0.15) is 11.4 Å². The maximum atomic E-state index is 11.2. The molecule has 0 bridgehead atoms. The number of aryl methyl sites for hydroxylation is 1. The number of halogens is 1. The van der Waals surface area contributed by atoms with Crippen molar-refractivity contribution >= 4 is 17.6 Å². The van der Waals surface area contributed by atoms with E-state index in [2.05, 4.69) is 31.2 Å². The summed E-state index contributed by atoms with van der Waals surface area (Å²) in [5.41, 5.74) is 2.17. The Morgan fingerprint density at radius 3 is 2.71 bits per heavy atom. The van der Waals surface area contributed by atoms with Crippen molar-refractivity contribution in [2.45, 2.75) is 44.6 Å². The van der Waals surface area contributed by atoms with Crippen molar-refractivity contribution in [1.82, 2.24) is 0 Å². The van der Waals surface area contributed by atoms with E-state index in [1.165, 1.54) is 11.6 Å². The predicted molar refractivity (Wildman–Crippen MR) is 95.1 cm³/mol. The van der Waals surface area contributed by atoms with Gasteiger partial charge in [-0.05, 0) is 43.4 Å². The lowest BCUT2D eigenvalue weighted by Crippen LogP contribution is -2.33. The smallest absolute Gasteiger partial charge is 0.335 e. The zero-order chi connectivity index (χ0) is 17.2. The van der Waals surface area contributed by atoms with Crippen molar-refractivity contribution in [2.24, 2.45) is 0 Å². The Morgan fingerprint density at radius 1 is 1.29 bits per heavy atom. The lowest BCUT2D eigenvalue weighted by molar-refractivity contribution is 0.0696. The first-order chi connectivity index (χ1) is 11.5. The Bertz CT molecular complexity index is 742. The van der Waals surface area contributed by atoms with Gasteiger partial charge in [0, 0.05) is 12.0 Å². The van der Waals surface area contributed by atoms with Gasteiger partial charge in [-0.25, -0.2) is 4.79 Å². The number of benzene rings is 2. The lowest BCUT2D eigenvalue weighted by atomic mass is 9.88. The first-order valence-corrected chi connectivity index (χ1v) is 8.69. The third kappa shape index (κ3) is 3.41. The molecule has 0 saturated heterocycles. The molecule has 1 aliphatic rings. The van der Waals surface area contributed by atoms with Crippen molar-refractivity contribution in [1.29, 1.82) is 0 Å². The van der Waals surface area contributed by atoms with E-state index in [1.54, 1.807) is 6.07 Å². The quantitative estimate of drug-likeness (QED) is 0.788. The van der Waals surface area contributed by atoms with Crippen LogP contribution in [0.1, 0.15) is 47.7 Å². The fourth-order valence-electron chi connectivity index (χ4n) is 3.39. The minimum absolute atomic E-state index is 0.221. The van der Waals surface area contributed by atoms with Crippen LogP contribution in [0.15, 0.2) is 42.5 Å². The molecule has 3 rings (SSSR count). The topological polar surface area (TPSA) is 46.5 Å². The number of fused-ring (bicyclic) bond motifs is 1. The Labute approximate surface area is 147 Å². The molecule has 126 valence electrons. The second-order valence-corrected chi connectivity index (χ2v) is 6.81. The highest BCUT2D eigenvalue weighted by Gasteiger charge is 2.39. The van der Waals surface area contributed by atoms with Crippen molar-refractivity contribution in [2.75, 3.05) is 0 Å². The Kier molecular flexibility index (Phi) is 4.81. The van der Waals surface area contributed by atoms with Crippen LogP contribution in [0.5, 0.6) is 5.75 Å². The molecule has 1 N–H and O–H groups in total. The van der Waals surface area contributed by atoms with Gasteiger partial charge >= 0.3 is 5.97 Å². The van der Waals surface area contributed by atoms with Gasteiger partial charge in [0.05, 0.1) is 10.6 Å². The van der Waals surface area contributed by atoms with Gasteiger partial charge in [0.2, 0.25) is 0 Å². The van der Waals surface area contributed by atoms with E-state index in [9.17, 15) is 9.90 Å². The number of ether oxygens (including phenoxy) is 1. The minimum atomic E-state index is -0.960. The van der Waals surface area contributed by atoms with E-state index in [0.717, 1.165) is 31.2 Å². The highest BCUT2D eigenvalue weighted by Crippen LogP contribution is 2.44. The number of aromatic carboxylic acids is 1. The number of hydrogen-bond donors (Lipinski definition) is 1. The molecule has 1 unspecified atom stereocenters. The van der Waals surface area contributed by atoms with Crippen molar-refractivity contribution in [3.63, 3.8) is 0 Å². The van der Waals surface area contributed by atoms with Crippen molar-refractivity contribution in [3.05, 3.63) is 64.2 Å². The third-order valence-corrected chi connectivity index (χ3v) is 5.06. The number of hydrogen-bond acceptors (Lipinski definition) is 2. The van der Waals surface area contributed by atoms with Crippen LogP contribution in [0.2, 0.25) is 5.02 Å². The molecule has 1 aliphatic heterocycles. The molecular weight excluding hydrogens is 324 g/mol. The van der Waals surface area contributed by atoms with Gasteiger partial charge in [-0.3, -0.25) is 0 Å². The lowest BCUT2D eigenvalue weighted by Gasteiger charge is -2.27. The fraction of sp³-hybridized carbons (Fsp3) is 0.350. The predicted octanol–water partition coefficient (Wildman–Crippen LogP) is 5.14. The molecule has 1 heterocycles. The Hall–Kier alpha value is -2.00. The highest BCUT2D eigenvalue weighted by molar-refractivity contribution is 6.32. The molecule has 4 heteroatoms. The standard InChI is InChI=1S/C20H21ClO3/c1-2-20(10-6-9-14-7-4-3-5-8-14)13-16-11-15(19(22)23)12-17(21)18(16)24-20/h3-5,7-8,11-12H,2,6,9-10,13H2,1H3,(H,22,23). The van der Waals surface area contributed by atoms with E-state index in [0.29, 0.717) is 17.2 Å². The summed E-state index contributed by atoms with van der Waals surface area (Å²) in [5, 5.41) is 9.59. The average Bonchev–Trinajstić information content (AvgIpc) is 2.95. The Balaban J connectivity index is 1.72. The zero-order valence-electron chi connectivity index (χ0n) is 13.7. The largest absolute Gasteiger partial charge is 0.485 e. The zero-order valence-corrected chi connectivity index (χ0v) is 14.5. The molecule has 0 aromatic heterocycles. The molecule has 0 fully saturated rings. The van der Waals surface area contributed by atoms with Crippen molar-refractivity contribution < 1.29 is 14.6 Å². The summed E-state index contributed by atoms with van der Waals surface area (Å²) < 4.78 is 6.22. The van der Waals surface area contributed by atoms with E-state index < -0.39 is 5.97 Å². The molecule has 3 nitrogen and oxygen atoms in total. The normalized spacial score (nSPS) is 18.9. The van der Waals surface area contributed by atoms with Crippen LogP contribution >= 0.6 is 11.6 Å². The van der Waals surface area contributed by atoms with E-state index in [-0.39, 0.29) is 11.2 Å². The Morgan fingerprint density at radius 2 is 2.04 bits per heavy atom. The molecule has 24 heavy (non-hydrogen) atoms. The van der Waals surface area contributed by atoms with Crippen LogP contribution in [0, 0.1) is 0 Å². The highest BCUT2D eigenvalue weighted by atomic mass is 35.5. The van der Waals surface area contributed by atoms with Gasteiger partial charge in [-0.2, -0.15) is 0 Å². The molecule has 1 atom stereocenters. The molecule has 0 radical (unpaired) electrons. The summed E-state index contributed by atoms with van der Waals surface area (Å²) in [5.74, 6) is -0.305. The summed E-state index contributed by atoms with van der Waals surface area (Å²) in [7, 11) is 0. The number of carboxylic acid groups (broad SMARTS) is 1. The minimum Gasteiger partial charge on any atom is -0.485 e. The summed E-state index contributed by atoms with van der Waals surface area (Å²) >= 11 is 6.24. The SMILES string of the molecule is CCC1(CCCc2ccccc2)Cc2cc(C(=O)O)cc(Cl)c2O1. The van der Waals surface area contributed by atoms with Gasteiger partial charge < -0.3 is 9.84 Å². The van der Waals surface area contributed by atoms with Crippen LogP contribution in [0.3, 0.4) is 0 Å². The second-order valence-electron chi connectivity index (χ2n) is 6.41. The summed E-state index contributed by atoms with van der Waals surface area (Å²) in [6, 6.07) is 13.6. The van der Waals surface area contributed by atoms with Crippen LogP contribution in [-0.4, -0.2) is 16.7 Å². The molecular formula is C20H21ClO3. The number of carboxylic acids is 1. The fourth-order valence-corrected chi connectivity index (χ4v) is 3.67. The molecule has 2 aromatic carbocycles. The van der Waals surface area contributed by atoms with E-state index in [1.807, 2.05) is 6.07 Å².